The van der Waals surface area contributed by atoms with E-state index in [1.165, 1.54) is 0 Å². The maximum Gasteiger partial charge on any atom is 0.306 e. The second-order valence-corrected chi connectivity index (χ2v) is 4.00. The van der Waals surface area contributed by atoms with Crippen molar-refractivity contribution in [1.29, 1.82) is 0 Å². The van der Waals surface area contributed by atoms with Crippen LogP contribution in [-0.4, -0.2) is 23.8 Å². The predicted octanol–water partition coefficient (Wildman–Crippen LogP) is 1.49. The Morgan fingerprint density at radius 1 is 1.69 bits per heavy atom. The minimum Gasteiger partial charge on any atom is -0.462 e. The Labute approximate surface area is 79.1 Å². The Kier molecular flexibility index (Phi) is 3.31. The number of carbonyl (C=O) groups is 1. The van der Waals surface area contributed by atoms with E-state index in [1.807, 2.05) is 0 Å². The van der Waals surface area contributed by atoms with Crippen LogP contribution in [0.25, 0.3) is 0 Å². The molecule has 0 radical (unpaired) electrons. The topological polar surface area (TPSA) is 46.5 Å². The molecular formula is C10H18O3. The van der Waals surface area contributed by atoms with Crippen LogP contribution in [0.1, 0.15) is 39.5 Å². The molecule has 13 heavy (non-hydrogen) atoms. The summed E-state index contributed by atoms with van der Waals surface area (Å²) < 4.78 is 5.23. The van der Waals surface area contributed by atoms with Gasteiger partial charge in [-0.15, -0.1) is 0 Å². The molecule has 76 valence electrons. The molecule has 0 bridgehead atoms. The average molecular weight is 186 g/mol. The van der Waals surface area contributed by atoms with Crippen molar-refractivity contribution in [3.63, 3.8) is 0 Å². The largest absolute Gasteiger partial charge is 0.462 e. The van der Waals surface area contributed by atoms with E-state index < -0.39 is 0 Å². The molecule has 1 heterocycles. The Balaban J connectivity index is 2.65. The van der Waals surface area contributed by atoms with Gasteiger partial charge in [0, 0.05) is 24.9 Å². The average Bonchev–Trinajstić information content (AvgIpc) is 2.12. The van der Waals surface area contributed by atoms with Gasteiger partial charge in [0.2, 0.25) is 0 Å². The van der Waals surface area contributed by atoms with Crippen LogP contribution in [0, 0.1) is 5.41 Å². The first-order valence-corrected chi connectivity index (χ1v) is 4.92. The van der Waals surface area contributed by atoms with Gasteiger partial charge in [0.1, 0.15) is 6.10 Å². The molecule has 0 aromatic rings. The Morgan fingerprint density at radius 3 is 2.92 bits per heavy atom. The molecule has 2 atom stereocenters. The highest BCUT2D eigenvalue weighted by molar-refractivity contribution is 5.70. The minimum absolute atomic E-state index is 0.0661. The standard InChI is InChI=1S/C10H18O3/c1-3-10(2)6-4-9(12)13-8(10)5-7-11/h8,11H,3-7H2,1-2H3/t8-,10+/m0/s1. The van der Waals surface area contributed by atoms with Crippen molar-refractivity contribution in [2.45, 2.75) is 45.6 Å². The zero-order valence-electron chi connectivity index (χ0n) is 8.38. The zero-order chi connectivity index (χ0) is 9.90. The Morgan fingerprint density at radius 2 is 2.38 bits per heavy atom. The fourth-order valence-corrected chi connectivity index (χ4v) is 1.84. The summed E-state index contributed by atoms with van der Waals surface area (Å²) in [4.78, 5) is 11.0. The number of hydrogen-bond acceptors (Lipinski definition) is 3. The van der Waals surface area contributed by atoms with Crippen LogP contribution in [0.3, 0.4) is 0 Å². The first-order valence-electron chi connectivity index (χ1n) is 4.92. The number of aliphatic hydroxyl groups is 1. The van der Waals surface area contributed by atoms with Gasteiger partial charge in [-0.2, -0.15) is 0 Å². The molecular weight excluding hydrogens is 168 g/mol. The fraction of sp³-hybridized carbons (Fsp3) is 0.900. The number of hydrogen-bond donors (Lipinski definition) is 1. The van der Waals surface area contributed by atoms with Crippen molar-refractivity contribution in [3.05, 3.63) is 0 Å². The molecule has 1 aliphatic rings. The Bertz CT molecular complexity index is 191. The van der Waals surface area contributed by atoms with E-state index in [1.54, 1.807) is 0 Å². The van der Waals surface area contributed by atoms with E-state index in [0.29, 0.717) is 12.8 Å². The number of cyclic esters (lactones) is 1. The number of rotatable bonds is 3. The van der Waals surface area contributed by atoms with Crippen molar-refractivity contribution < 1.29 is 14.6 Å². The van der Waals surface area contributed by atoms with Gasteiger partial charge in [-0.25, -0.2) is 0 Å². The number of carbonyl (C=O) groups excluding carboxylic acids is 1. The predicted molar refractivity (Wildman–Crippen MR) is 49.2 cm³/mol. The van der Waals surface area contributed by atoms with Crippen LogP contribution in [0.5, 0.6) is 0 Å². The third-order valence-corrected chi connectivity index (χ3v) is 3.15. The van der Waals surface area contributed by atoms with E-state index in [-0.39, 0.29) is 24.1 Å². The molecule has 0 aromatic carbocycles. The highest BCUT2D eigenvalue weighted by Gasteiger charge is 2.39. The first-order chi connectivity index (χ1) is 6.12. The molecule has 0 spiro atoms. The smallest absolute Gasteiger partial charge is 0.306 e. The van der Waals surface area contributed by atoms with Gasteiger partial charge in [0.05, 0.1) is 0 Å². The van der Waals surface area contributed by atoms with E-state index >= 15 is 0 Å². The van der Waals surface area contributed by atoms with Crippen LogP contribution in [0.2, 0.25) is 0 Å². The third-order valence-electron chi connectivity index (χ3n) is 3.15. The lowest BCUT2D eigenvalue weighted by molar-refractivity contribution is -0.167. The normalized spacial score (nSPS) is 34.4. The van der Waals surface area contributed by atoms with E-state index in [4.69, 9.17) is 9.84 Å². The molecule has 3 heteroatoms. The van der Waals surface area contributed by atoms with Gasteiger partial charge in [0.25, 0.3) is 0 Å². The van der Waals surface area contributed by atoms with Gasteiger partial charge in [0.15, 0.2) is 0 Å². The zero-order valence-corrected chi connectivity index (χ0v) is 8.38. The molecule has 3 nitrogen and oxygen atoms in total. The molecule has 0 amide bonds. The molecule has 1 N–H and O–H groups in total. The summed E-state index contributed by atoms with van der Waals surface area (Å²) in [5, 5.41) is 8.84. The SMILES string of the molecule is CC[C@]1(C)CCC(=O)O[C@H]1CCO. The minimum atomic E-state index is -0.121. The van der Waals surface area contributed by atoms with Crippen molar-refractivity contribution in [3.8, 4) is 0 Å². The molecule has 0 unspecified atom stereocenters. The molecule has 1 aliphatic heterocycles. The van der Waals surface area contributed by atoms with E-state index in [2.05, 4.69) is 13.8 Å². The summed E-state index contributed by atoms with van der Waals surface area (Å²) >= 11 is 0. The highest BCUT2D eigenvalue weighted by atomic mass is 16.5. The van der Waals surface area contributed by atoms with Gasteiger partial charge >= 0.3 is 5.97 Å². The lowest BCUT2D eigenvalue weighted by Crippen LogP contribution is -2.41. The van der Waals surface area contributed by atoms with Crippen molar-refractivity contribution in [2.75, 3.05) is 6.61 Å². The van der Waals surface area contributed by atoms with Crippen molar-refractivity contribution in [1.82, 2.24) is 0 Å². The van der Waals surface area contributed by atoms with Crippen LogP contribution >= 0.6 is 0 Å². The van der Waals surface area contributed by atoms with Crippen LogP contribution in [0.15, 0.2) is 0 Å². The molecule has 0 aromatic heterocycles. The maximum atomic E-state index is 11.0. The van der Waals surface area contributed by atoms with E-state index in [9.17, 15) is 4.79 Å². The fourth-order valence-electron chi connectivity index (χ4n) is 1.84. The Hall–Kier alpha value is -0.570. The summed E-state index contributed by atoms with van der Waals surface area (Å²) in [5.41, 5.74) is 0.0661. The second kappa shape index (κ2) is 4.09. The quantitative estimate of drug-likeness (QED) is 0.679. The number of ether oxygens (including phenoxy) is 1. The molecule has 1 fully saturated rings. The first kappa shape index (κ1) is 10.5. The van der Waals surface area contributed by atoms with Crippen LogP contribution < -0.4 is 0 Å². The second-order valence-electron chi connectivity index (χ2n) is 4.00. The third kappa shape index (κ3) is 2.21. The van der Waals surface area contributed by atoms with Crippen LogP contribution in [-0.2, 0) is 9.53 Å². The highest BCUT2D eigenvalue weighted by Crippen LogP contribution is 2.38. The van der Waals surface area contributed by atoms with Crippen molar-refractivity contribution in [2.24, 2.45) is 5.41 Å². The van der Waals surface area contributed by atoms with E-state index in [0.717, 1.165) is 12.8 Å². The molecule has 1 rings (SSSR count). The summed E-state index contributed by atoms with van der Waals surface area (Å²) in [6.07, 6.45) is 2.86. The summed E-state index contributed by atoms with van der Waals surface area (Å²) in [7, 11) is 0. The number of aliphatic hydroxyl groups excluding tert-OH is 1. The maximum absolute atomic E-state index is 11.0. The lowest BCUT2D eigenvalue weighted by atomic mass is 9.75. The number of esters is 1. The summed E-state index contributed by atoms with van der Waals surface area (Å²) in [5.74, 6) is -0.121. The molecule has 1 saturated heterocycles. The lowest BCUT2D eigenvalue weighted by Gasteiger charge is -2.39. The molecule has 0 saturated carbocycles. The molecule has 0 aliphatic carbocycles. The monoisotopic (exact) mass is 186 g/mol. The summed E-state index contributed by atoms with van der Waals surface area (Å²) in [6, 6.07) is 0. The van der Waals surface area contributed by atoms with Gasteiger partial charge in [-0.05, 0) is 12.8 Å². The summed E-state index contributed by atoms with van der Waals surface area (Å²) in [6.45, 7) is 4.32. The van der Waals surface area contributed by atoms with Crippen molar-refractivity contribution >= 4 is 5.97 Å². The van der Waals surface area contributed by atoms with Gasteiger partial charge in [-0.3, -0.25) is 4.79 Å². The van der Waals surface area contributed by atoms with Gasteiger partial charge < -0.3 is 9.84 Å². The van der Waals surface area contributed by atoms with Gasteiger partial charge in [-0.1, -0.05) is 13.8 Å². The van der Waals surface area contributed by atoms with Crippen LogP contribution in [0.4, 0.5) is 0 Å².